The van der Waals surface area contributed by atoms with E-state index in [1.54, 1.807) is 0 Å². The van der Waals surface area contributed by atoms with Crippen LogP contribution in [0.5, 0.6) is 0 Å². The van der Waals surface area contributed by atoms with E-state index >= 15 is 0 Å². The molecule has 2 N–H and O–H groups in total. The zero-order chi connectivity index (χ0) is 24.2. The van der Waals surface area contributed by atoms with E-state index in [-0.39, 0.29) is 52.0 Å². The number of aliphatic hydroxyl groups is 1. The Morgan fingerprint density at radius 3 is 2.37 bits per heavy atom. The Morgan fingerprint density at radius 1 is 1.06 bits per heavy atom. The minimum absolute atomic E-state index is 0.00693. The molecule has 2 spiro atoms. The van der Waals surface area contributed by atoms with Crippen LogP contribution >= 0.6 is 0 Å². The van der Waals surface area contributed by atoms with Crippen molar-refractivity contribution < 1.29 is 24.5 Å². The summed E-state index contributed by atoms with van der Waals surface area (Å²) in [6.45, 7) is 10.2. The van der Waals surface area contributed by atoms with Gasteiger partial charge in [0.05, 0.1) is 18.4 Å². The molecule has 1 saturated heterocycles. The molecule has 0 aromatic heterocycles. The highest BCUT2D eigenvalue weighted by Crippen LogP contribution is 2.97. The number of cyclic esters (lactones) is 1. The van der Waals surface area contributed by atoms with E-state index in [9.17, 15) is 19.8 Å². The van der Waals surface area contributed by atoms with Crippen LogP contribution in [0.25, 0.3) is 0 Å². The molecule has 0 aromatic rings. The average molecular weight is 481 g/mol. The molecule has 190 valence electrons. The number of aliphatic hydroxyl groups excluding tert-OH is 1. The molecule has 5 heteroatoms. The molecule has 8 aliphatic carbocycles. The number of hydrogen-bond acceptors (Lipinski definition) is 4. The van der Waals surface area contributed by atoms with Gasteiger partial charge < -0.3 is 14.9 Å². The summed E-state index contributed by atoms with van der Waals surface area (Å²) in [6, 6.07) is 0. The van der Waals surface area contributed by atoms with Crippen molar-refractivity contribution in [1.29, 1.82) is 0 Å². The number of carboxylic acids is 1. The highest BCUT2D eigenvalue weighted by molar-refractivity contribution is 5.79. The van der Waals surface area contributed by atoms with Crippen LogP contribution in [0, 0.1) is 105 Å². The zero-order valence-corrected chi connectivity index (χ0v) is 21.4. The van der Waals surface area contributed by atoms with Gasteiger partial charge in [-0.05, 0) is 107 Å². The third-order valence-electron chi connectivity index (χ3n) is 15.9. The second-order valence-corrected chi connectivity index (χ2v) is 15.4. The van der Waals surface area contributed by atoms with Gasteiger partial charge >= 0.3 is 11.9 Å². The van der Waals surface area contributed by atoms with Gasteiger partial charge in [-0.1, -0.05) is 27.7 Å². The van der Waals surface area contributed by atoms with Gasteiger partial charge in [-0.25, -0.2) is 0 Å². The van der Waals surface area contributed by atoms with Crippen molar-refractivity contribution in [3.05, 3.63) is 0 Å². The molecule has 5 nitrogen and oxygen atoms in total. The fraction of sp³-hybridized carbons (Fsp3) is 0.933. The first-order valence-corrected chi connectivity index (χ1v) is 14.7. The lowest BCUT2D eigenvalue weighted by molar-refractivity contribution is -0.147. The van der Waals surface area contributed by atoms with Gasteiger partial charge in [0.25, 0.3) is 0 Å². The summed E-state index contributed by atoms with van der Waals surface area (Å²) < 4.78 is 5.82. The number of carbonyl (C=O) groups is 2. The molecule has 9 rings (SSSR count). The molecule has 0 radical (unpaired) electrons. The van der Waals surface area contributed by atoms with Crippen LogP contribution in [0.1, 0.15) is 53.4 Å². The number of aliphatic carboxylic acids is 1. The number of carboxylic acid groups (broad SMARTS) is 1. The summed E-state index contributed by atoms with van der Waals surface area (Å²) in [7, 11) is 0. The van der Waals surface area contributed by atoms with Crippen molar-refractivity contribution in [1.82, 2.24) is 0 Å². The van der Waals surface area contributed by atoms with Crippen molar-refractivity contribution >= 4 is 11.9 Å². The van der Waals surface area contributed by atoms with Crippen molar-refractivity contribution in [2.75, 3.05) is 13.2 Å². The van der Waals surface area contributed by atoms with Gasteiger partial charge in [0.2, 0.25) is 0 Å². The van der Waals surface area contributed by atoms with Crippen molar-refractivity contribution in [2.24, 2.45) is 105 Å². The minimum Gasteiger partial charge on any atom is -0.481 e. The maximum atomic E-state index is 13.4. The van der Waals surface area contributed by atoms with Crippen LogP contribution in [0.2, 0.25) is 0 Å². The number of rotatable bonds is 5. The van der Waals surface area contributed by atoms with Gasteiger partial charge in [-0.3, -0.25) is 9.59 Å². The van der Waals surface area contributed by atoms with Crippen molar-refractivity contribution in [3.8, 4) is 0 Å². The smallest absolute Gasteiger partial charge is 0.309 e. The van der Waals surface area contributed by atoms with Crippen LogP contribution in [-0.2, 0) is 14.3 Å². The molecule has 35 heavy (non-hydrogen) atoms. The van der Waals surface area contributed by atoms with E-state index in [1.807, 2.05) is 0 Å². The molecule has 9 aliphatic rings. The Bertz CT molecular complexity index is 1100. The summed E-state index contributed by atoms with van der Waals surface area (Å²) in [5.41, 5.74) is 0.230. The Kier molecular flexibility index (Phi) is 3.29. The normalized spacial score (nSPS) is 67.7. The number of carbonyl (C=O) groups excluding carboxylic acids is 1. The maximum absolute atomic E-state index is 13.4. The van der Waals surface area contributed by atoms with Crippen molar-refractivity contribution in [3.63, 3.8) is 0 Å². The van der Waals surface area contributed by atoms with E-state index in [0.717, 1.165) is 12.3 Å². The van der Waals surface area contributed by atoms with Crippen LogP contribution < -0.4 is 0 Å². The molecule has 1 heterocycles. The van der Waals surface area contributed by atoms with E-state index in [0.29, 0.717) is 65.8 Å². The first kappa shape index (κ1) is 20.9. The highest BCUT2D eigenvalue weighted by atomic mass is 16.5. The highest BCUT2D eigenvalue weighted by Gasteiger charge is 2.95. The first-order valence-electron chi connectivity index (χ1n) is 14.7. The minimum atomic E-state index is -0.659. The first-order chi connectivity index (χ1) is 16.7. The molecule has 17 atom stereocenters. The molecule has 0 amide bonds. The van der Waals surface area contributed by atoms with Crippen LogP contribution in [0.15, 0.2) is 0 Å². The summed E-state index contributed by atoms with van der Waals surface area (Å²) in [4.78, 5) is 26.1. The third-order valence-corrected chi connectivity index (χ3v) is 15.9. The van der Waals surface area contributed by atoms with Crippen LogP contribution in [0.3, 0.4) is 0 Å². The van der Waals surface area contributed by atoms with E-state index in [4.69, 9.17) is 4.74 Å². The molecular formula is C30H40O5. The molecule has 9 fully saturated rings. The Morgan fingerprint density at radius 2 is 1.71 bits per heavy atom. The van der Waals surface area contributed by atoms with E-state index in [1.165, 1.54) is 19.3 Å². The molecule has 8 saturated carbocycles. The summed E-state index contributed by atoms with van der Waals surface area (Å²) in [6.07, 6.45) is 4.87. The Labute approximate surface area is 207 Å². The lowest BCUT2D eigenvalue weighted by atomic mass is 9.59. The quantitative estimate of drug-likeness (QED) is 0.583. The van der Waals surface area contributed by atoms with Gasteiger partial charge in [-0.15, -0.1) is 0 Å². The van der Waals surface area contributed by atoms with Gasteiger partial charge in [0.15, 0.2) is 0 Å². The van der Waals surface area contributed by atoms with E-state index in [2.05, 4.69) is 27.7 Å². The Hall–Kier alpha value is -1.10. The van der Waals surface area contributed by atoms with Crippen LogP contribution in [-0.4, -0.2) is 35.4 Å². The molecule has 4 bridgehead atoms. The standard InChI is InChI=1S/C30H40O5/c1-11(2)27-7-15-6-18(27)30(24-17(27)10-35-26(24)34)21(22(15)30)12(3)28-8-14-5-19(28)29(13(4)20(14)29)23(25(32)33)16(28)9-31/h11-24,31H,5-10H2,1-4H3,(H,32,33). The van der Waals surface area contributed by atoms with E-state index < -0.39 is 5.97 Å². The monoisotopic (exact) mass is 480 g/mol. The number of hydrogen-bond donors (Lipinski definition) is 2. The van der Waals surface area contributed by atoms with Gasteiger partial charge in [0, 0.05) is 18.4 Å². The second-order valence-electron chi connectivity index (χ2n) is 15.4. The average Bonchev–Trinajstić information content (AvgIpc) is 3.20. The lowest BCUT2D eigenvalue weighted by Crippen LogP contribution is -2.43. The second kappa shape index (κ2) is 5.52. The third kappa shape index (κ3) is 1.61. The summed E-state index contributed by atoms with van der Waals surface area (Å²) in [5, 5.41) is 21.3. The largest absolute Gasteiger partial charge is 0.481 e. The summed E-state index contributed by atoms with van der Waals surface area (Å²) >= 11 is 0. The van der Waals surface area contributed by atoms with Gasteiger partial charge in [0.1, 0.15) is 0 Å². The SMILES string of the molecule is CC(C)C12CC3CC1C1(C4C(=O)OCC42)C3C1C(C)C12CC3CC1C1(C(C)C31)C(C(=O)O)C2CO. The van der Waals surface area contributed by atoms with Gasteiger partial charge in [-0.2, -0.15) is 0 Å². The van der Waals surface area contributed by atoms with Crippen molar-refractivity contribution in [2.45, 2.75) is 53.4 Å². The predicted octanol–water partition coefficient (Wildman–Crippen LogP) is 3.94. The molecule has 17 unspecified atom stereocenters. The molecular weight excluding hydrogens is 440 g/mol. The fourth-order valence-corrected chi connectivity index (χ4v) is 16.0. The zero-order valence-electron chi connectivity index (χ0n) is 21.4. The Balaban J connectivity index is 1.18. The molecule has 0 aromatic carbocycles. The topological polar surface area (TPSA) is 83.8 Å². The lowest BCUT2D eigenvalue weighted by Gasteiger charge is -2.45. The fourth-order valence-electron chi connectivity index (χ4n) is 16.0. The number of esters is 1. The maximum Gasteiger partial charge on any atom is 0.309 e. The summed E-state index contributed by atoms with van der Waals surface area (Å²) in [5.74, 6) is 4.96. The number of fused-ring (bicyclic) bond motifs is 6. The molecule has 1 aliphatic heterocycles. The predicted molar refractivity (Wildman–Crippen MR) is 125 cm³/mol. The number of ether oxygens (including phenoxy) is 1. The van der Waals surface area contributed by atoms with Crippen LogP contribution in [0.4, 0.5) is 0 Å².